The van der Waals surface area contributed by atoms with Crippen LogP contribution in [0.25, 0.3) is 10.9 Å². The number of methoxy groups -OCH3 is 2. The number of non-ortho nitro benzene ring substituents is 1. The summed E-state index contributed by atoms with van der Waals surface area (Å²) in [5.74, 6) is -1.14. The first-order valence-corrected chi connectivity index (χ1v) is 14.5. The van der Waals surface area contributed by atoms with E-state index in [9.17, 15) is 20.0 Å². The number of ether oxygens (including phenoxy) is 2. The van der Waals surface area contributed by atoms with Crippen molar-refractivity contribution in [1.82, 2.24) is 9.78 Å². The largest absolute Gasteiger partial charge is 0.478 e. The van der Waals surface area contributed by atoms with Gasteiger partial charge in [0.25, 0.3) is 5.69 Å². The Bertz CT molecular complexity index is 1630. The van der Waals surface area contributed by atoms with Crippen LogP contribution < -0.4 is 15.9 Å². The van der Waals surface area contributed by atoms with E-state index in [-0.39, 0.29) is 11.0 Å². The molecule has 0 aliphatic rings. The molecule has 0 aliphatic carbocycles. The van der Waals surface area contributed by atoms with E-state index in [1.54, 1.807) is 0 Å². The summed E-state index contributed by atoms with van der Waals surface area (Å²) in [4.78, 5) is 24.8. The van der Waals surface area contributed by atoms with Crippen LogP contribution in [-0.4, -0.2) is 40.0 Å². The number of aromatic nitrogens is 2. The number of nitro groups is 1. The highest BCUT2D eigenvalue weighted by molar-refractivity contribution is 7.99. The van der Waals surface area contributed by atoms with E-state index < -0.39 is 30.1 Å². The van der Waals surface area contributed by atoms with Gasteiger partial charge in [-0.25, -0.2) is 9.48 Å². The van der Waals surface area contributed by atoms with E-state index in [1.165, 1.54) is 43.3 Å². The summed E-state index contributed by atoms with van der Waals surface area (Å²) >= 11 is 0. The Balaban J connectivity index is 1.94. The third-order valence-corrected chi connectivity index (χ3v) is 11.3. The minimum atomic E-state index is -3.07. The number of carbonyl (C=O) groups is 1. The van der Waals surface area contributed by atoms with Crippen LogP contribution >= 0.6 is 7.26 Å². The number of fused-ring (bicyclic) bond motifs is 1. The lowest BCUT2D eigenvalue weighted by Crippen LogP contribution is -2.38. The monoisotopic (exact) mass is 568 g/mol. The SMILES string of the molecule is COC(=O)C(/C(=C(/O)OC)[P+](c1ccccc1)(c1ccccc1)c1ccccc1)n1ncc2cc([N+](=O)[O-])ccc21. The van der Waals surface area contributed by atoms with Crippen LogP contribution in [-0.2, 0) is 14.3 Å². The molecule has 9 nitrogen and oxygen atoms in total. The van der Waals surface area contributed by atoms with E-state index in [0.717, 1.165) is 15.9 Å². The molecule has 0 radical (unpaired) electrons. The Kier molecular flexibility index (Phi) is 7.81. The van der Waals surface area contributed by atoms with Crippen LogP contribution in [0.1, 0.15) is 6.04 Å². The topological polar surface area (TPSA) is 117 Å². The molecule has 1 aromatic heterocycles. The van der Waals surface area contributed by atoms with Gasteiger partial charge in [-0.1, -0.05) is 54.6 Å². The maximum Gasteiger partial charge on any atom is 0.339 e. The summed E-state index contributed by atoms with van der Waals surface area (Å²) < 4.78 is 12.3. The van der Waals surface area contributed by atoms with Crippen LogP contribution in [0, 0.1) is 10.1 Å². The lowest BCUT2D eigenvalue weighted by molar-refractivity contribution is -0.384. The van der Waals surface area contributed by atoms with Crippen molar-refractivity contribution in [3.63, 3.8) is 0 Å². The molecule has 206 valence electrons. The summed E-state index contributed by atoms with van der Waals surface area (Å²) in [6.07, 6.45) is 1.45. The highest BCUT2D eigenvalue weighted by atomic mass is 31.2. The standard InChI is InChI=1S/C31H26N3O6P/c1-39-30(35)28(33-27-19-18-23(34(37)38)20-22(27)21-32-33)29(31(36)40-2)41(24-12-6-3-7-13-24,25-14-8-4-9-15-25)26-16-10-5-11-17-26/h3-21,28H,1-2H3/p+1/b31-29+. The highest BCUT2D eigenvalue weighted by Crippen LogP contribution is 2.66. The molecule has 10 heteroatoms. The molecule has 0 spiro atoms. The Morgan fingerprint density at radius 3 is 1.80 bits per heavy atom. The van der Waals surface area contributed by atoms with Gasteiger partial charge in [0.05, 0.1) is 30.9 Å². The minimum absolute atomic E-state index is 0.109. The van der Waals surface area contributed by atoms with Gasteiger partial charge in [0.1, 0.15) is 15.9 Å². The molecule has 5 rings (SSSR count). The Morgan fingerprint density at radius 1 is 0.854 bits per heavy atom. The molecular weight excluding hydrogens is 541 g/mol. The molecule has 1 unspecified atom stereocenters. The molecule has 41 heavy (non-hydrogen) atoms. The second-order valence-electron chi connectivity index (χ2n) is 9.09. The Labute approximate surface area is 236 Å². The third-order valence-electron chi connectivity index (χ3n) is 6.92. The first kappa shape index (κ1) is 27.6. The molecule has 1 atom stereocenters. The van der Waals surface area contributed by atoms with E-state index in [0.29, 0.717) is 10.9 Å². The molecule has 0 saturated carbocycles. The molecule has 0 amide bonds. The average Bonchev–Trinajstić information content (AvgIpc) is 3.44. The number of aliphatic hydroxyl groups is 1. The molecule has 1 N–H and O–H groups in total. The second-order valence-corrected chi connectivity index (χ2v) is 12.5. The van der Waals surface area contributed by atoms with Crippen LogP contribution in [0.2, 0.25) is 0 Å². The van der Waals surface area contributed by atoms with E-state index in [4.69, 9.17) is 9.47 Å². The number of benzene rings is 4. The summed E-state index contributed by atoms with van der Waals surface area (Å²) in [6.45, 7) is 0. The van der Waals surface area contributed by atoms with Crippen molar-refractivity contribution in [2.24, 2.45) is 0 Å². The van der Waals surface area contributed by atoms with Crippen LogP contribution in [0.15, 0.2) is 127 Å². The normalized spacial score (nSPS) is 12.8. The minimum Gasteiger partial charge on any atom is -0.478 e. The second kappa shape index (κ2) is 11.6. The highest BCUT2D eigenvalue weighted by Gasteiger charge is 2.58. The fourth-order valence-corrected chi connectivity index (χ4v) is 9.71. The first-order chi connectivity index (χ1) is 19.9. The summed E-state index contributed by atoms with van der Waals surface area (Å²) in [5.41, 5.74) is 0.335. The zero-order chi connectivity index (χ0) is 29.0. The number of rotatable bonds is 9. The number of hydrogen-bond acceptors (Lipinski definition) is 7. The Hall–Kier alpha value is -5.01. The third kappa shape index (κ3) is 4.81. The van der Waals surface area contributed by atoms with Gasteiger partial charge in [-0.3, -0.25) is 10.1 Å². The molecule has 1 heterocycles. The van der Waals surface area contributed by atoms with Crippen molar-refractivity contribution >= 4 is 45.7 Å². The fourth-order valence-electron chi connectivity index (χ4n) is 5.17. The zero-order valence-electron chi connectivity index (χ0n) is 22.3. The van der Waals surface area contributed by atoms with Crippen LogP contribution in [0.5, 0.6) is 0 Å². The maximum absolute atomic E-state index is 13.9. The van der Waals surface area contributed by atoms with Gasteiger partial charge in [0.2, 0.25) is 11.4 Å². The molecule has 0 fully saturated rings. The molecule has 0 saturated heterocycles. The van der Waals surface area contributed by atoms with Crippen molar-refractivity contribution in [2.75, 3.05) is 14.2 Å². The number of carbonyl (C=O) groups excluding carboxylic acids is 1. The molecule has 5 aromatic rings. The number of hydrogen-bond donors (Lipinski definition) is 1. The van der Waals surface area contributed by atoms with Crippen molar-refractivity contribution in [3.05, 3.63) is 137 Å². The molecular formula is C31H27N3O6P+. The van der Waals surface area contributed by atoms with Gasteiger partial charge in [-0.15, -0.1) is 0 Å². The van der Waals surface area contributed by atoms with Crippen molar-refractivity contribution in [3.8, 4) is 0 Å². The van der Waals surface area contributed by atoms with E-state index in [2.05, 4.69) is 5.10 Å². The average molecular weight is 569 g/mol. The van der Waals surface area contributed by atoms with Gasteiger partial charge < -0.3 is 14.6 Å². The van der Waals surface area contributed by atoms with E-state index in [1.807, 2.05) is 91.0 Å². The number of esters is 1. The molecule has 0 aliphatic heterocycles. The maximum atomic E-state index is 13.9. The number of aliphatic hydroxyl groups excluding tert-OH is 1. The van der Waals surface area contributed by atoms with Gasteiger partial charge in [-0.2, -0.15) is 5.10 Å². The van der Waals surface area contributed by atoms with Gasteiger partial charge in [0, 0.05) is 17.5 Å². The number of nitrogens with zero attached hydrogens (tertiary/aromatic N) is 3. The zero-order valence-corrected chi connectivity index (χ0v) is 23.2. The lowest BCUT2D eigenvalue weighted by Gasteiger charge is -2.32. The van der Waals surface area contributed by atoms with Crippen molar-refractivity contribution < 1.29 is 24.3 Å². The summed E-state index contributed by atoms with van der Waals surface area (Å²) in [5, 5.41) is 30.9. The van der Waals surface area contributed by atoms with Crippen LogP contribution in [0.3, 0.4) is 0 Å². The van der Waals surface area contributed by atoms with Gasteiger partial charge >= 0.3 is 11.9 Å². The molecule has 0 bridgehead atoms. The van der Waals surface area contributed by atoms with E-state index >= 15 is 0 Å². The molecule has 4 aromatic carbocycles. The summed E-state index contributed by atoms with van der Waals surface area (Å²) in [7, 11) is -0.467. The number of nitro benzene ring substituents is 1. The Morgan fingerprint density at radius 2 is 1.37 bits per heavy atom. The predicted octanol–water partition coefficient (Wildman–Crippen LogP) is 5.03. The van der Waals surface area contributed by atoms with Gasteiger partial charge in [0.15, 0.2) is 7.26 Å². The smallest absolute Gasteiger partial charge is 0.339 e. The first-order valence-electron chi connectivity index (χ1n) is 12.7. The lowest BCUT2D eigenvalue weighted by atomic mass is 10.2. The van der Waals surface area contributed by atoms with Crippen molar-refractivity contribution in [2.45, 2.75) is 6.04 Å². The summed E-state index contributed by atoms with van der Waals surface area (Å²) in [6, 6.07) is 31.9. The van der Waals surface area contributed by atoms with Gasteiger partial charge in [-0.05, 0) is 42.5 Å². The fraction of sp³-hybridized carbons (Fsp3) is 0.0968. The van der Waals surface area contributed by atoms with Crippen LogP contribution in [0.4, 0.5) is 5.69 Å². The quantitative estimate of drug-likeness (QED) is 0.0872. The predicted molar refractivity (Wildman–Crippen MR) is 159 cm³/mol. The van der Waals surface area contributed by atoms with Crippen molar-refractivity contribution in [1.29, 1.82) is 0 Å².